The number of halogens is 2. The molecule has 1 aliphatic heterocycles. The number of likely N-dealkylation sites (tertiary alicyclic amines) is 1. The van der Waals surface area contributed by atoms with E-state index in [1.54, 1.807) is 36.4 Å². The minimum absolute atomic E-state index is 0.0124. The van der Waals surface area contributed by atoms with Gasteiger partial charge in [0.1, 0.15) is 11.5 Å². The van der Waals surface area contributed by atoms with Gasteiger partial charge in [-0.3, -0.25) is 9.59 Å². The van der Waals surface area contributed by atoms with Gasteiger partial charge in [0.2, 0.25) is 0 Å². The highest BCUT2D eigenvalue weighted by Gasteiger charge is 2.46. The maximum absolute atomic E-state index is 13.0. The number of unbranched alkanes of at least 4 members (excludes halogenated alkanes) is 1. The van der Waals surface area contributed by atoms with Gasteiger partial charge in [-0.1, -0.05) is 48.7 Å². The van der Waals surface area contributed by atoms with Crippen molar-refractivity contribution in [3.05, 3.63) is 68.7 Å². The zero-order chi connectivity index (χ0) is 22.0. The second kappa shape index (κ2) is 9.11. The van der Waals surface area contributed by atoms with Crippen molar-refractivity contribution in [1.82, 2.24) is 4.90 Å². The van der Waals surface area contributed by atoms with E-state index >= 15 is 0 Å². The molecule has 7 heteroatoms. The molecule has 0 aliphatic carbocycles. The van der Waals surface area contributed by atoms with Crippen LogP contribution in [0.15, 0.2) is 42.0 Å². The number of benzene rings is 2. The van der Waals surface area contributed by atoms with Crippen molar-refractivity contribution in [3.8, 4) is 5.75 Å². The van der Waals surface area contributed by atoms with Crippen LogP contribution in [-0.2, 0) is 9.59 Å². The molecule has 1 amide bonds. The minimum Gasteiger partial charge on any atom is -0.507 e. The molecule has 1 heterocycles. The highest BCUT2D eigenvalue weighted by Crippen LogP contribution is 2.42. The summed E-state index contributed by atoms with van der Waals surface area (Å²) in [4.78, 5) is 27.4. The molecule has 1 fully saturated rings. The average Bonchev–Trinajstić information content (AvgIpc) is 2.96. The molecule has 1 unspecified atom stereocenters. The lowest BCUT2D eigenvalue weighted by Crippen LogP contribution is -2.30. The summed E-state index contributed by atoms with van der Waals surface area (Å²) in [6.45, 7) is 4.23. The van der Waals surface area contributed by atoms with Crippen molar-refractivity contribution < 1.29 is 19.4 Å². The van der Waals surface area contributed by atoms with Crippen LogP contribution in [0.5, 0.6) is 5.75 Å². The quantitative estimate of drug-likeness (QED) is 0.358. The van der Waals surface area contributed by atoms with Crippen molar-refractivity contribution in [2.75, 3.05) is 13.7 Å². The van der Waals surface area contributed by atoms with E-state index in [0.717, 1.165) is 18.4 Å². The molecule has 0 radical (unpaired) electrons. The van der Waals surface area contributed by atoms with Crippen LogP contribution in [0.1, 0.15) is 42.5 Å². The van der Waals surface area contributed by atoms with Gasteiger partial charge in [0, 0.05) is 11.6 Å². The number of ether oxygens (including phenoxy) is 1. The Labute approximate surface area is 185 Å². The first kappa shape index (κ1) is 22.2. The summed E-state index contributed by atoms with van der Waals surface area (Å²) in [6.07, 6.45) is 1.59. The van der Waals surface area contributed by atoms with E-state index in [9.17, 15) is 14.7 Å². The number of aryl methyl sites for hydroxylation is 1. The van der Waals surface area contributed by atoms with Gasteiger partial charge >= 0.3 is 0 Å². The van der Waals surface area contributed by atoms with Gasteiger partial charge < -0.3 is 14.7 Å². The van der Waals surface area contributed by atoms with Crippen LogP contribution < -0.4 is 4.74 Å². The Bertz CT molecular complexity index is 1010. The van der Waals surface area contributed by atoms with E-state index in [1.807, 2.05) is 13.8 Å². The van der Waals surface area contributed by atoms with E-state index in [2.05, 4.69) is 0 Å². The molecule has 158 valence electrons. The maximum atomic E-state index is 13.0. The van der Waals surface area contributed by atoms with Gasteiger partial charge in [-0.15, -0.1) is 0 Å². The van der Waals surface area contributed by atoms with Crippen LogP contribution in [0.3, 0.4) is 0 Å². The number of amides is 1. The van der Waals surface area contributed by atoms with Crippen molar-refractivity contribution in [3.63, 3.8) is 0 Å². The lowest BCUT2D eigenvalue weighted by Gasteiger charge is -2.25. The summed E-state index contributed by atoms with van der Waals surface area (Å²) in [5.74, 6) is -1.44. The molecule has 1 atom stereocenters. The van der Waals surface area contributed by atoms with Gasteiger partial charge in [0.05, 0.1) is 29.3 Å². The molecule has 2 aromatic carbocycles. The van der Waals surface area contributed by atoms with Crippen LogP contribution in [0, 0.1) is 6.92 Å². The van der Waals surface area contributed by atoms with Crippen LogP contribution in [-0.4, -0.2) is 35.4 Å². The Balaban J connectivity index is 2.25. The van der Waals surface area contributed by atoms with Crippen molar-refractivity contribution in [1.29, 1.82) is 0 Å². The summed E-state index contributed by atoms with van der Waals surface area (Å²) in [5.41, 5.74) is 1.76. The number of aliphatic hydroxyl groups is 1. The summed E-state index contributed by atoms with van der Waals surface area (Å²) < 4.78 is 5.37. The summed E-state index contributed by atoms with van der Waals surface area (Å²) in [7, 11) is 1.43. The number of nitrogens with zero attached hydrogens (tertiary/aromatic N) is 1. The average molecular weight is 448 g/mol. The van der Waals surface area contributed by atoms with E-state index < -0.39 is 17.7 Å². The number of Topliss-reactive ketones (excluding diaryl/α,β-unsaturated/α-hetero) is 1. The number of hydrogen-bond acceptors (Lipinski definition) is 4. The largest absolute Gasteiger partial charge is 0.507 e. The molecular weight excluding hydrogens is 425 g/mol. The Morgan fingerprint density at radius 3 is 2.43 bits per heavy atom. The van der Waals surface area contributed by atoms with Crippen LogP contribution in [0.4, 0.5) is 0 Å². The van der Waals surface area contributed by atoms with E-state index in [0.29, 0.717) is 22.2 Å². The second-order valence-corrected chi connectivity index (χ2v) is 8.07. The number of aliphatic hydroxyl groups excluding tert-OH is 1. The van der Waals surface area contributed by atoms with Gasteiger partial charge in [0.25, 0.3) is 11.7 Å². The minimum atomic E-state index is -0.733. The van der Waals surface area contributed by atoms with Crippen molar-refractivity contribution in [2.24, 2.45) is 0 Å². The standard InChI is InChI=1S/C23H23Cl2NO4/c1-4-5-10-26-19(14-6-8-15(24)9-7-14)18(21(28)23(26)29)20(27)16-11-13(2)12-17(25)22(16)30-3/h6-9,11-12,19,27H,4-5,10H2,1-3H3/b20-18+. The number of carbonyl (C=O) groups is 2. The predicted octanol–water partition coefficient (Wildman–Crippen LogP) is 5.53. The SMILES string of the molecule is CCCCN1C(=O)C(=O)/C(=C(/O)c2cc(C)cc(Cl)c2OC)C1c1ccc(Cl)cc1. The molecule has 0 spiro atoms. The summed E-state index contributed by atoms with van der Waals surface area (Å²) >= 11 is 12.3. The topological polar surface area (TPSA) is 66.8 Å². The first-order valence-electron chi connectivity index (χ1n) is 9.68. The third-order valence-electron chi connectivity index (χ3n) is 5.13. The Hall–Kier alpha value is -2.50. The normalized spacial score (nSPS) is 18.2. The highest BCUT2D eigenvalue weighted by molar-refractivity contribution is 6.46. The molecule has 3 rings (SSSR count). The molecule has 0 aromatic heterocycles. The Kier molecular flexibility index (Phi) is 6.74. The second-order valence-electron chi connectivity index (χ2n) is 7.23. The molecule has 1 saturated heterocycles. The van der Waals surface area contributed by atoms with Crippen molar-refractivity contribution >= 4 is 40.7 Å². The third kappa shape index (κ3) is 4.05. The van der Waals surface area contributed by atoms with Gasteiger partial charge in [-0.05, 0) is 48.7 Å². The molecule has 5 nitrogen and oxygen atoms in total. The molecule has 1 aliphatic rings. The predicted molar refractivity (Wildman–Crippen MR) is 118 cm³/mol. The first-order valence-corrected chi connectivity index (χ1v) is 10.4. The monoisotopic (exact) mass is 447 g/mol. The maximum Gasteiger partial charge on any atom is 0.295 e. The Morgan fingerprint density at radius 2 is 1.83 bits per heavy atom. The third-order valence-corrected chi connectivity index (χ3v) is 5.66. The molecule has 1 N–H and O–H groups in total. The summed E-state index contributed by atoms with van der Waals surface area (Å²) in [5, 5.41) is 12.1. The van der Waals surface area contributed by atoms with Crippen molar-refractivity contribution in [2.45, 2.75) is 32.7 Å². The van der Waals surface area contributed by atoms with Crippen LogP contribution in [0.2, 0.25) is 10.0 Å². The number of hydrogen-bond donors (Lipinski definition) is 1. The molecule has 0 saturated carbocycles. The smallest absolute Gasteiger partial charge is 0.295 e. The zero-order valence-electron chi connectivity index (χ0n) is 17.0. The summed E-state index contributed by atoms with van der Waals surface area (Å²) in [6, 6.07) is 9.56. The molecular formula is C23H23Cl2NO4. The van der Waals surface area contributed by atoms with Crippen LogP contribution in [0.25, 0.3) is 5.76 Å². The van der Waals surface area contributed by atoms with Crippen LogP contribution >= 0.6 is 23.2 Å². The zero-order valence-corrected chi connectivity index (χ0v) is 18.5. The number of ketones is 1. The lowest BCUT2D eigenvalue weighted by molar-refractivity contribution is -0.139. The molecule has 2 aromatic rings. The first-order chi connectivity index (χ1) is 14.3. The number of rotatable bonds is 6. The fraction of sp³-hybridized carbons (Fsp3) is 0.304. The number of methoxy groups -OCH3 is 1. The molecule has 0 bridgehead atoms. The number of carbonyl (C=O) groups excluding carboxylic acids is 2. The fourth-order valence-corrected chi connectivity index (χ4v) is 4.17. The fourth-order valence-electron chi connectivity index (χ4n) is 3.69. The van der Waals surface area contributed by atoms with E-state index in [-0.39, 0.29) is 22.6 Å². The van der Waals surface area contributed by atoms with Gasteiger partial charge in [-0.25, -0.2) is 0 Å². The Morgan fingerprint density at radius 1 is 1.17 bits per heavy atom. The van der Waals surface area contributed by atoms with Gasteiger partial charge in [-0.2, -0.15) is 0 Å². The lowest BCUT2D eigenvalue weighted by atomic mass is 9.94. The molecule has 30 heavy (non-hydrogen) atoms. The van der Waals surface area contributed by atoms with E-state index in [1.165, 1.54) is 12.0 Å². The van der Waals surface area contributed by atoms with Gasteiger partial charge in [0.15, 0.2) is 0 Å². The van der Waals surface area contributed by atoms with E-state index in [4.69, 9.17) is 27.9 Å². The highest BCUT2D eigenvalue weighted by atomic mass is 35.5.